The summed E-state index contributed by atoms with van der Waals surface area (Å²) in [4.78, 5) is 18.1. The molecule has 7 nitrogen and oxygen atoms in total. The molecular formula is C13H9F4N3O4. The van der Waals surface area contributed by atoms with Crippen LogP contribution in [0, 0.1) is 0 Å². The molecule has 1 aromatic heterocycles. The van der Waals surface area contributed by atoms with Gasteiger partial charge in [0.15, 0.2) is 5.82 Å². The van der Waals surface area contributed by atoms with Crippen LogP contribution in [-0.2, 0) is 0 Å². The third-order valence-corrected chi connectivity index (χ3v) is 2.51. The number of carboxylic acid groups (broad SMARTS) is 1. The number of nitrogens with one attached hydrogen (secondary N) is 1. The molecule has 0 radical (unpaired) electrons. The Morgan fingerprint density at radius 1 is 1.04 bits per heavy atom. The topological polar surface area (TPSA) is 93.6 Å². The van der Waals surface area contributed by atoms with Crippen LogP contribution >= 0.6 is 0 Å². The quantitative estimate of drug-likeness (QED) is 0.778. The highest BCUT2D eigenvalue weighted by Crippen LogP contribution is 2.29. The van der Waals surface area contributed by atoms with Crippen molar-refractivity contribution in [3.63, 3.8) is 0 Å². The number of benzene rings is 1. The minimum atomic E-state index is -3.25. The molecule has 0 saturated heterocycles. The molecule has 1 amide bonds. The largest absolute Gasteiger partial charge is 0.465 e. The minimum absolute atomic E-state index is 0.0159. The highest BCUT2D eigenvalue weighted by Gasteiger charge is 2.17. The highest BCUT2D eigenvalue weighted by molar-refractivity contribution is 5.89. The predicted molar refractivity (Wildman–Crippen MR) is 72.4 cm³/mol. The second-order valence-electron chi connectivity index (χ2n) is 4.10. The average Bonchev–Trinajstić information content (AvgIpc) is 2.45. The molecule has 0 unspecified atom stereocenters. The Hall–Kier alpha value is -3.11. The highest BCUT2D eigenvalue weighted by atomic mass is 19.3. The van der Waals surface area contributed by atoms with Crippen LogP contribution in [0.25, 0.3) is 11.4 Å². The molecule has 0 fully saturated rings. The van der Waals surface area contributed by atoms with Gasteiger partial charge >= 0.3 is 19.3 Å². The van der Waals surface area contributed by atoms with E-state index in [1.807, 2.05) is 0 Å². The van der Waals surface area contributed by atoms with E-state index in [2.05, 4.69) is 24.8 Å². The zero-order valence-electron chi connectivity index (χ0n) is 11.6. The Kier molecular flexibility index (Phi) is 5.35. The van der Waals surface area contributed by atoms with Crippen molar-refractivity contribution in [1.29, 1.82) is 0 Å². The van der Waals surface area contributed by atoms with Crippen LogP contribution in [0.4, 0.5) is 28.0 Å². The van der Waals surface area contributed by atoms with Crippen molar-refractivity contribution >= 4 is 11.8 Å². The maximum atomic E-state index is 12.3. The number of rotatable bonds is 6. The summed E-state index contributed by atoms with van der Waals surface area (Å²) < 4.78 is 57.5. The van der Waals surface area contributed by atoms with Gasteiger partial charge in [-0.05, 0) is 12.1 Å². The lowest BCUT2D eigenvalue weighted by molar-refractivity contribution is -0.0580. The first-order valence-corrected chi connectivity index (χ1v) is 6.23. The summed E-state index contributed by atoms with van der Waals surface area (Å²) >= 11 is 0. The van der Waals surface area contributed by atoms with Crippen molar-refractivity contribution in [3.8, 4) is 23.1 Å². The van der Waals surface area contributed by atoms with Crippen LogP contribution in [0.3, 0.4) is 0 Å². The number of amides is 1. The molecule has 1 heterocycles. The van der Waals surface area contributed by atoms with E-state index < -0.39 is 31.1 Å². The summed E-state index contributed by atoms with van der Waals surface area (Å²) in [6.45, 7) is -6.50. The maximum Gasteiger partial charge on any atom is 0.409 e. The Morgan fingerprint density at radius 3 is 2.08 bits per heavy atom. The van der Waals surface area contributed by atoms with Crippen LogP contribution in [0.15, 0.2) is 30.3 Å². The molecule has 24 heavy (non-hydrogen) atoms. The second kappa shape index (κ2) is 7.44. The lowest BCUT2D eigenvalue weighted by atomic mass is 10.1. The number of anilines is 1. The van der Waals surface area contributed by atoms with Gasteiger partial charge in [0.2, 0.25) is 11.8 Å². The Labute approximate surface area is 131 Å². The third-order valence-electron chi connectivity index (χ3n) is 2.51. The second-order valence-corrected chi connectivity index (χ2v) is 4.10. The van der Waals surface area contributed by atoms with Crippen LogP contribution < -0.4 is 14.8 Å². The van der Waals surface area contributed by atoms with Gasteiger partial charge in [-0.25, -0.2) is 4.79 Å². The fourth-order valence-electron chi connectivity index (χ4n) is 1.73. The summed E-state index contributed by atoms with van der Waals surface area (Å²) in [6, 6.07) is 6.35. The SMILES string of the molecule is O=C(O)Nc1ccccc1-c1nc(OC(F)F)cc(OC(F)F)n1. The van der Waals surface area contributed by atoms with Gasteiger partial charge in [0.25, 0.3) is 0 Å². The predicted octanol–water partition coefficient (Wildman–Crippen LogP) is 3.44. The molecule has 2 aromatic rings. The minimum Gasteiger partial charge on any atom is -0.465 e. The Morgan fingerprint density at radius 2 is 1.58 bits per heavy atom. The van der Waals surface area contributed by atoms with E-state index in [4.69, 9.17) is 5.11 Å². The summed E-state index contributed by atoms with van der Waals surface area (Å²) in [5.74, 6) is -1.76. The van der Waals surface area contributed by atoms with Crippen LogP contribution in [0.5, 0.6) is 11.8 Å². The molecule has 1 aromatic carbocycles. The molecule has 0 atom stereocenters. The zero-order chi connectivity index (χ0) is 17.7. The lowest BCUT2D eigenvalue weighted by Gasteiger charge is -2.11. The molecule has 0 bridgehead atoms. The number of carbonyl (C=O) groups is 1. The van der Waals surface area contributed by atoms with Crippen molar-refractivity contribution in [2.75, 3.05) is 5.32 Å². The van der Waals surface area contributed by atoms with E-state index in [-0.39, 0.29) is 17.1 Å². The maximum absolute atomic E-state index is 12.3. The van der Waals surface area contributed by atoms with Crippen LogP contribution in [0.2, 0.25) is 0 Å². The van der Waals surface area contributed by atoms with Gasteiger partial charge in [-0.3, -0.25) is 5.32 Å². The van der Waals surface area contributed by atoms with Gasteiger partial charge in [0.05, 0.1) is 11.8 Å². The number of nitrogens with zero attached hydrogens (tertiary/aromatic N) is 2. The fourth-order valence-corrected chi connectivity index (χ4v) is 1.73. The van der Waals surface area contributed by atoms with Gasteiger partial charge in [0.1, 0.15) is 0 Å². The van der Waals surface area contributed by atoms with Gasteiger partial charge in [-0.2, -0.15) is 27.5 Å². The third kappa shape index (κ3) is 4.69. The van der Waals surface area contributed by atoms with Crippen molar-refractivity contribution in [1.82, 2.24) is 9.97 Å². The van der Waals surface area contributed by atoms with E-state index in [1.54, 1.807) is 0 Å². The zero-order valence-corrected chi connectivity index (χ0v) is 11.6. The monoisotopic (exact) mass is 347 g/mol. The summed E-state index contributed by atoms with van der Waals surface area (Å²) in [6.07, 6.45) is -1.40. The Bertz CT molecular complexity index is 702. The summed E-state index contributed by atoms with van der Waals surface area (Å²) in [5, 5.41) is 10.8. The summed E-state index contributed by atoms with van der Waals surface area (Å²) in [5.41, 5.74) is 0.0703. The molecule has 2 N–H and O–H groups in total. The van der Waals surface area contributed by atoms with E-state index >= 15 is 0 Å². The molecule has 0 saturated carbocycles. The first-order valence-electron chi connectivity index (χ1n) is 6.23. The average molecular weight is 347 g/mol. The molecule has 2 rings (SSSR count). The molecule has 0 aliphatic rings. The first kappa shape index (κ1) is 17.2. The van der Waals surface area contributed by atoms with E-state index in [9.17, 15) is 22.4 Å². The van der Waals surface area contributed by atoms with Crippen LogP contribution in [0.1, 0.15) is 0 Å². The number of ether oxygens (including phenoxy) is 2. The Balaban J connectivity index is 2.50. The number of hydrogen-bond acceptors (Lipinski definition) is 5. The van der Waals surface area contributed by atoms with Crippen LogP contribution in [-0.4, -0.2) is 34.4 Å². The number of para-hydroxylation sites is 1. The normalized spacial score (nSPS) is 10.8. The summed E-state index contributed by atoms with van der Waals surface area (Å²) in [7, 11) is 0. The molecule has 0 aliphatic carbocycles. The van der Waals surface area contributed by atoms with Gasteiger partial charge < -0.3 is 14.6 Å². The van der Waals surface area contributed by atoms with E-state index in [1.165, 1.54) is 24.3 Å². The van der Waals surface area contributed by atoms with Crippen molar-refractivity contribution in [2.45, 2.75) is 13.2 Å². The molecule has 128 valence electrons. The van der Waals surface area contributed by atoms with E-state index in [0.29, 0.717) is 6.07 Å². The smallest absolute Gasteiger partial charge is 0.409 e. The van der Waals surface area contributed by atoms with Crippen molar-refractivity contribution < 1.29 is 36.9 Å². The molecule has 0 spiro atoms. The van der Waals surface area contributed by atoms with Crippen molar-refractivity contribution in [3.05, 3.63) is 30.3 Å². The first-order chi connectivity index (χ1) is 11.3. The van der Waals surface area contributed by atoms with Gasteiger partial charge in [0, 0.05) is 5.56 Å². The fraction of sp³-hybridized carbons (Fsp3) is 0.154. The molecule has 11 heteroatoms. The number of aromatic nitrogens is 2. The van der Waals surface area contributed by atoms with E-state index in [0.717, 1.165) is 0 Å². The molecular weight excluding hydrogens is 338 g/mol. The number of alkyl halides is 4. The van der Waals surface area contributed by atoms with Gasteiger partial charge in [-0.1, -0.05) is 12.1 Å². The number of halogens is 4. The van der Waals surface area contributed by atoms with Crippen molar-refractivity contribution in [2.24, 2.45) is 0 Å². The standard InChI is InChI=1S/C13H9F4N3O4/c14-11(15)23-8-5-9(24-12(16)17)20-10(19-8)6-3-1-2-4-7(6)18-13(21)22/h1-5,11-12,18H,(H,21,22). The van der Waals surface area contributed by atoms with Gasteiger partial charge in [-0.15, -0.1) is 0 Å². The lowest BCUT2D eigenvalue weighted by Crippen LogP contribution is -2.10. The molecule has 0 aliphatic heterocycles. The number of hydrogen-bond donors (Lipinski definition) is 2.